The largest absolute Gasteiger partial charge is 0.507 e. The highest BCUT2D eigenvalue weighted by molar-refractivity contribution is 8.15. The summed E-state index contributed by atoms with van der Waals surface area (Å²) in [5.74, 6) is 2.88. The molecule has 2 heterocycles. The number of benzene rings is 3. The van der Waals surface area contributed by atoms with Gasteiger partial charge in [-0.15, -0.1) is 12.4 Å². The van der Waals surface area contributed by atoms with Crippen LogP contribution in [0.15, 0.2) is 54.6 Å². The van der Waals surface area contributed by atoms with Crippen LogP contribution in [-0.4, -0.2) is 31.1 Å². The number of carbonyl (C=O) groups is 2. The van der Waals surface area contributed by atoms with Crippen LogP contribution >= 0.6 is 24.2 Å². The summed E-state index contributed by atoms with van der Waals surface area (Å²) in [6.07, 6.45) is 0.483. The molecule has 1 saturated heterocycles. The van der Waals surface area contributed by atoms with E-state index in [1.165, 1.54) is 0 Å². The molecule has 5 rings (SSSR count). The van der Waals surface area contributed by atoms with Gasteiger partial charge in [-0.2, -0.15) is 0 Å². The fourth-order valence-corrected chi connectivity index (χ4v) is 5.83. The zero-order valence-corrected chi connectivity index (χ0v) is 27.1. The predicted molar refractivity (Wildman–Crippen MR) is 173 cm³/mol. The Morgan fingerprint density at radius 2 is 1.51 bits per heavy atom. The third kappa shape index (κ3) is 7.11. The van der Waals surface area contributed by atoms with Crippen LogP contribution in [0.25, 0.3) is 11.0 Å². The number of phenolic OH excluding ortho intramolecular Hbond substituents is 1. The molecule has 8 nitrogen and oxygen atoms in total. The van der Waals surface area contributed by atoms with E-state index in [0.717, 1.165) is 45.3 Å². The van der Waals surface area contributed by atoms with Gasteiger partial charge in [-0.3, -0.25) is 14.9 Å². The molecule has 228 valence electrons. The molecule has 1 atom stereocenters. The first-order chi connectivity index (χ1) is 19.7. The zero-order valence-electron chi connectivity index (χ0n) is 25.5. The maximum Gasteiger partial charge on any atom is 0.286 e. The van der Waals surface area contributed by atoms with Gasteiger partial charge in [0, 0.05) is 24.2 Å². The van der Waals surface area contributed by atoms with Crippen LogP contribution in [-0.2, 0) is 35.7 Å². The quantitative estimate of drug-likeness (QED) is 0.219. The fraction of sp³-hybridized carbons (Fsp3) is 0.364. The number of carbonyl (C=O) groups excluding carboxylic acids is 2. The second-order valence-electron chi connectivity index (χ2n) is 12.7. The van der Waals surface area contributed by atoms with Gasteiger partial charge in [-0.05, 0) is 59.2 Å². The van der Waals surface area contributed by atoms with E-state index in [-0.39, 0.29) is 41.0 Å². The summed E-state index contributed by atoms with van der Waals surface area (Å²) in [6, 6.07) is 17.2. The molecule has 4 aromatic rings. The number of aromatic nitrogens is 2. The summed E-state index contributed by atoms with van der Waals surface area (Å²) in [7, 11) is 1.95. The summed E-state index contributed by atoms with van der Waals surface area (Å²) in [5, 5.41) is 12.7. The second-order valence-corrected chi connectivity index (χ2v) is 13.9. The summed E-state index contributed by atoms with van der Waals surface area (Å²) >= 11 is 1.03. The Hall–Kier alpha value is -3.69. The summed E-state index contributed by atoms with van der Waals surface area (Å²) in [5.41, 5.74) is 3.88. The summed E-state index contributed by atoms with van der Waals surface area (Å²) in [6.45, 7) is 12.8. The minimum absolute atomic E-state index is 0. The molecule has 1 fully saturated rings. The predicted octanol–water partition coefficient (Wildman–Crippen LogP) is 7.56. The van der Waals surface area contributed by atoms with E-state index >= 15 is 0 Å². The molecule has 2 amide bonds. The number of amides is 2. The van der Waals surface area contributed by atoms with Gasteiger partial charge in [0.2, 0.25) is 5.91 Å². The van der Waals surface area contributed by atoms with E-state index in [1.54, 1.807) is 0 Å². The number of phenols is 1. The van der Waals surface area contributed by atoms with Crippen molar-refractivity contribution in [1.82, 2.24) is 14.9 Å². The highest BCUT2D eigenvalue weighted by atomic mass is 35.5. The maximum atomic E-state index is 11.8. The number of halogens is 1. The van der Waals surface area contributed by atoms with Crippen molar-refractivity contribution in [3.63, 3.8) is 0 Å². The number of fused-ring (bicyclic) bond motifs is 1. The lowest BCUT2D eigenvalue weighted by Gasteiger charge is -2.28. The second kappa shape index (κ2) is 12.1. The topological polar surface area (TPSA) is 103 Å². The molecule has 43 heavy (non-hydrogen) atoms. The van der Waals surface area contributed by atoms with E-state index in [4.69, 9.17) is 14.5 Å². The van der Waals surface area contributed by atoms with E-state index in [0.29, 0.717) is 29.4 Å². The molecule has 1 aromatic heterocycles. The molecule has 0 spiro atoms. The van der Waals surface area contributed by atoms with Gasteiger partial charge in [0.25, 0.3) is 5.24 Å². The van der Waals surface area contributed by atoms with Crippen LogP contribution in [0.2, 0.25) is 0 Å². The Bertz CT molecular complexity index is 1630. The average molecular weight is 624 g/mol. The van der Waals surface area contributed by atoms with Crippen LogP contribution in [0.3, 0.4) is 0 Å². The number of nitrogens with zero attached hydrogens (tertiary/aromatic N) is 2. The van der Waals surface area contributed by atoms with Crippen molar-refractivity contribution in [2.45, 2.75) is 70.7 Å². The van der Waals surface area contributed by atoms with Crippen LogP contribution in [0.4, 0.5) is 4.79 Å². The van der Waals surface area contributed by atoms with Crippen molar-refractivity contribution >= 4 is 46.3 Å². The number of imidazole rings is 1. The number of nitrogens with one attached hydrogen (secondary N) is 1. The number of thioether (sulfide) groups is 1. The van der Waals surface area contributed by atoms with Crippen molar-refractivity contribution in [3.05, 3.63) is 77.1 Å². The summed E-state index contributed by atoms with van der Waals surface area (Å²) in [4.78, 5) is 28.0. The van der Waals surface area contributed by atoms with Gasteiger partial charge >= 0.3 is 0 Å². The minimum atomic E-state index is -0.395. The van der Waals surface area contributed by atoms with E-state index < -0.39 is 5.25 Å². The standard InChI is InChI=1S/C33H37N3O5S.ClH/c1-32(2,3)23-15-22(16-24(29(23)37)33(4,5)6)41-21-12-13-25-26(17-21)36(7)28(34-25)18-40-20-10-8-19(9-11-20)14-27-30(38)35-31(39)42-27;/h8-13,15-17,27,37H,14,18H2,1-7H3,(H,35,38,39);1H. The molecule has 2 N–H and O–H groups in total. The number of imide groups is 1. The van der Waals surface area contributed by atoms with Crippen molar-refractivity contribution in [2.75, 3.05) is 0 Å². The molecule has 0 radical (unpaired) electrons. The number of hydrogen-bond acceptors (Lipinski definition) is 7. The van der Waals surface area contributed by atoms with Crippen molar-refractivity contribution in [2.24, 2.45) is 7.05 Å². The van der Waals surface area contributed by atoms with Crippen LogP contribution < -0.4 is 14.8 Å². The Kier molecular flexibility index (Phi) is 9.09. The fourth-order valence-electron chi connectivity index (χ4n) is 4.97. The smallest absolute Gasteiger partial charge is 0.286 e. The Balaban J connectivity index is 0.00000423. The van der Waals surface area contributed by atoms with Crippen LogP contribution in [0.1, 0.15) is 64.1 Å². The Morgan fingerprint density at radius 1 is 0.907 bits per heavy atom. The number of aryl methyl sites for hydroxylation is 1. The van der Waals surface area contributed by atoms with Gasteiger partial charge in [-0.1, -0.05) is 65.4 Å². The van der Waals surface area contributed by atoms with Gasteiger partial charge in [0.15, 0.2) is 0 Å². The monoisotopic (exact) mass is 623 g/mol. The molecule has 10 heteroatoms. The third-order valence-corrected chi connectivity index (χ3v) is 8.34. The molecule has 0 bridgehead atoms. The maximum absolute atomic E-state index is 11.8. The molecule has 0 aliphatic carbocycles. The normalized spacial score (nSPS) is 15.4. The average Bonchev–Trinajstić information content (AvgIpc) is 3.39. The highest BCUT2D eigenvalue weighted by Crippen LogP contribution is 2.42. The number of aromatic hydroxyl groups is 1. The van der Waals surface area contributed by atoms with Crippen molar-refractivity contribution < 1.29 is 24.2 Å². The Morgan fingerprint density at radius 3 is 2.07 bits per heavy atom. The van der Waals surface area contributed by atoms with Gasteiger partial charge in [0.05, 0.1) is 16.3 Å². The third-order valence-electron chi connectivity index (χ3n) is 7.36. The molecule has 3 aromatic carbocycles. The number of rotatable bonds is 7. The van der Waals surface area contributed by atoms with Gasteiger partial charge in [-0.25, -0.2) is 4.98 Å². The zero-order chi connectivity index (χ0) is 30.4. The molecule has 1 aliphatic heterocycles. The number of ether oxygens (including phenoxy) is 2. The van der Waals surface area contributed by atoms with E-state index in [9.17, 15) is 14.7 Å². The first-order valence-electron chi connectivity index (χ1n) is 13.9. The van der Waals surface area contributed by atoms with Crippen LogP contribution in [0.5, 0.6) is 23.0 Å². The molecular weight excluding hydrogens is 586 g/mol. The van der Waals surface area contributed by atoms with Gasteiger partial charge in [0.1, 0.15) is 35.4 Å². The molecule has 0 saturated carbocycles. The van der Waals surface area contributed by atoms with E-state index in [1.807, 2.05) is 66.2 Å². The SMILES string of the molecule is Cl.Cn1c(COc2ccc(CC3SC(=O)NC3=O)cc2)nc2ccc(Oc3cc(C(C)(C)C)c(O)c(C(C)(C)C)c3)cc21. The lowest BCUT2D eigenvalue weighted by Crippen LogP contribution is -2.25. The van der Waals surface area contributed by atoms with Crippen LogP contribution in [0, 0.1) is 0 Å². The summed E-state index contributed by atoms with van der Waals surface area (Å²) < 4.78 is 14.4. The van der Waals surface area contributed by atoms with Crippen molar-refractivity contribution in [3.8, 4) is 23.0 Å². The lowest BCUT2D eigenvalue weighted by atomic mass is 9.79. The van der Waals surface area contributed by atoms with Crippen molar-refractivity contribution in [1.29, 1.82) is 0 Å². The lowest BCUT2D eigenvalue weighted by molar-refractivity contribution is -0.118. The van der Waals surface area contributed by atoms with E-state index in [2.05, 4.69) is 46.9 Å². The van der Waals surface area contributed by atoms with Gasteiger partial charge < -0.3 is 19.1 Å². The molecule has 1 unspecified atom stereocenters. The minimum Gasteiger partial charge on any atom is -0.507 e. The molecule has 1 aliphatic rings. The first-order valence-corrected chi connectivity index (χ1v) is 14.8. The Labute approximate surface area is 262 Å². The highest BCUT2D eigenvalue weighted by Gasteiger charge is 2.31. The number of hydrogen-bond donors (Lipinski definition) is 2. The first kappa shape index (κ1) is 32.2. The molecular formula is C33H38ClN3O5S.